The molecule has 1 aromatic carbocycles. The van der Waals surface area contributed by atoms with E-state index in [0.29, 0.717) is 17.2 Å². The summed E-state index contributed by atoms with van der Waals surface area (Å²) in [6.07, 6.45) is 0. The van der Waals surface area contributed by atoms with E-state index >= 15 is 0 Å². The molecule has 20 heavy (non-hydrogen) atoms. The second-order valence-electron chi connectivity index (χ2n) is 4.70. The molecule has 7 heteroatoms. The van der Waals surface area contributed by atoms with Crippen LogP contribution in [0.5, 0.6) is 0 Å². The van der Waals surface area contributed by atoms with Gasteiger partial charge in [0.05, 0.1) is 11.0 Å². The zero-order chi connectivity index (χ0) is 14.9. The summed E-state index contributed by atoms with van der Waals surface area (Å²) in [4.78, 5) is 10.7. The van der Waals surface area contributed by atoms with Crippen LogP contribution in [0.15, 0.2) is 24.3 Å². The number of nitrogen functional groups attached to an aromatic ring is 1. The third-order valence-corrected chi connectivity index (χ3v) is 3.16. The smallest absolute Gasteiger partial charge is 0.333 e. The van der Waals surface area contributed by atoms with Crippen molar-refractivity contribution in [2.45, 2.75) is 19.9 Å². The van der Waals surface area contributed by atoms with Gasteiger partial charge in [-0.25, -0.2) is 4.68 Å². The Kier molecular flexibility index (Phi) is 3.60. The fourth-order valence-electron chi connectivity index (χ4n) is 2.10. The molecule has 7 nitrogen and oxygen atoms in total. The molecule has 2 rings (SSSR count). The Hall–Kier alpha value is -2.57. The second-order valence-corrected chi connectivity index (χ2v) is 4.70. The molecule has 0 radical (unpaired) electrons. The molecule has 0 aliphatic rings. The van der Waals surface area contributed by atoms with Crippen molar-refractivity contribution < 1.29 is 4.92 Å². The maximum absolute atomic E-state index is 11.1. The number of rotatable bonds is 4. The third kappa shape index (κ3) is 2.56. The highest BCUT2D eigenvalue weighted by Crippen LogP contribution is 2.30. The number of nitrogens with one attached hydrogen (secondary N) is 1. The van der Waals surface area contributed by atoms with Crippen LogP contribution in [-0.2, 0) is 7.05 Å². The highest BCUT2D eigenvalue weighted by Gasteiger charge is 2.25. The van der Waals surface area contributed by atoms with Crippen LogP contribution in [0.1, 0.15) is 24.2 Å². The molecule has 1 heterocycles. The van der Waals surface area contributed by atoms with E-state index < -0.39 is 4.92 Å². The molecule has 0 bridgehead atoms. The number of hydrogen-bond acceptors (Lipinski definition) is 5. The van der Waals surface area contributed by atoms with Gasteiger partial charge in [0.1, 0.15) is 5.69 Å². The molecule has 1 aromatic heterocycles. The first kappa shape index (κ1) is 13.9. The Labute approximate surface area is 116 Å². The van der Waals surface area contributed by atoms with E-state index in [1.807, 2.05) is 19.1 Å². The predicted molar refractivity (Wildman–Crippen MR) is 77.5 cm³/mol. The number of nitrogens with zero attached hydrogens (tertiary/aromatic N) is 3. The van der Waals surface area contributed by atoms with Crippen molar-refractivity contribution in [1.29, 1.82) is 0 Å². The summed E-state index contributed by atoms with van der Waals surface area (Å²) in [5.41, 5.74) is 7.73. The Bertz CT molecular complexity index is 633. The van der Waals surface area contributed by atoms with Crippen LogP contribution < -0.4 is 11.1 Å². The van der Waals surface area contributed by atoms with Crippen LogP contribution >= 0.6 is 0 Å². The molecule has 1 atom stereocenters. The molecular formula is C13H17N5O2. The van der Waals surface area contributed by atoms with Crippen LogP contribution in [0.2, 0.25) is 0 Å². The van der Waals surface area contributed by atoms with E-state index in [-0.39, 0.29) is 11.7 Å². The van der Waals surface area contributed by atoms with Gasteiger partial charge in [-0.15, -0.1) is 0 Å². The molecule has 3 N–H and O–H groups in total. The average molecular weight is 275 g/mol. The zero-order valence-electron chi connectivity index (χ0n) is 11.6. The number of anilines is 2. The summed E-state index contributed by atoms with van der Waals surface area (Å²) in [5, 5.41) is 18.3. The minimum atomic E-state index is -0.416. The molecule has 0 saturated heterocycles. The van der Waals surface area contributed by atoms with Crippen molar-refractivity contribution in [3.63, 3.8) is 0 Å². The van der Waals surface area contributed by atoms with E-state index in [2.05, 4.69) is 10.4 Å². The van der Waals surface area contributed by atoms with Crippen LogP contribution in [0.25, 0.3) is 0 Å². The van der Waals surface area contributed by atoms with Crippen LogP contribution in [0.3, 0.4) is 0 Å². The fraction of sp³-hybridized carbons (Fsp3) is 0.308. The van der Waals surface area contributed by atoms with Crippen LogP contribution in [0, 0.1) is 17.0 Å². The van der Waals surface area contributed by atoms with Gasteiger partial charge < -0.3 is 11.1 Å². The van der Waals surface area contributed by atoms with Gasteiger partial charge in [-0.05, 0) is 31.5 Å². The first-order valence-electron chi connectivity index (χ1n) is 6.20. The lowest BCUT2D eigenvalue weighted by Crippen LogP contribution is -2.11. The molecule has 0 saturated carbocycles. The summed E-state index contributed by atoms with van der Waals surface area (Å²) >= 11 is 0. The molecule has 2 aromatic rings. The summed E-state index contributed by atoms with van der Waals surface area (Å²) in [7, 11) is 1.68. The van der Waals surface area contributed by atoms with Crippen LogP contribution in [0.4, 0.5) is 17.2 Å². The Morgan fingerprint density at radius 2 is 2.00 bits per heavy atom. The first-order valence-corrected chi connectivity index (χ1v) is 6.20. The molecule has 0 fully saturated rings. The number of nitrogens with two attached hydrogens (primary N) is 1. The molecule has 106 valence electrons. The minimum Gasteiger partial charge on any atom is -0.399 e. The van der Waals surface area contributed by atoms with Crippen molar-refractivity contribution in [2.75, 3.05) is 11.1 Å². The molecule has 0 amide bonds. The normalized spacial score (nSPS) is 12.2. The molecule has 0 aliphatic heterocycles. The van der Waals surface area contributed by atoms with Crippen molar-refractivity contribution in [2.24, 2.45) is 7.05 Å². The van der Waals surface area contributed by atoms with Crippen molar-refractivity contribution in [3.8, 4) is 0 Å². The maximum Gasteiger partial charge on any atom is 0.333 e. The van der Waals surface area contributed by atoms with E-state index in [1.165, 1.54) is 4.68 Å². The first-order chi connectivity index (χ1) is 9.40. The molecule has 0 spiro atoms. The third-order valence-electron chi connectivity index (χ3n) is 3.16. The Morgan fingerprint density at radius 1 is 1.40 bits per heavy atom. The number of aryl methyl sites for hydroxylation is 2. The quantitative estimate of drug-likeness (QED) is 0.507. The van der Waals surface area contributed by atoms with E-state index in [1.54, 1.807) is 26.1 Å². The van der Waals surface area contributed by atoms with Gasteiger partial charge in [0.25, 0.3) is 0 Å². The maximum atomic E-state index is 11.1. The largest absolute Gasteiger partial charge is 0.399 e. The standard InChI is InChI=1S/C13H17N5O2/c1-8(10-4-6-11(14)7-5-10)15-13-12(18(19)20)9(2)16-17(13)3/h4-8,15H,14H2,1-3H3. The lowest BCUT2D eigenvalue weighted by atomic mass is 10.1. The van der Waals surface area contributed by atoms with Crippen molar-refractivity contribution in [3.05, 3.63) is 45.6 Å². The van der Waals surface area contributed by atoms with E-state index in [9.17, 15) is 10.1 Å². The number of benzene rings is 1. The molecule has 1 unspecified atom stereocenters. The average Bonchev–Trinajstić information content (AvgIpc) is 2.64. The number of aromatic nitrogens is 2. The van der Waals surface area contributed by atoms with Gasteiger partial charge >= 0.3 is 5.69 Å². The van der Waals surface area contributed by atoms with Gasteiger partial charge in [-0.1, -0.05) is 12.1 Å². The van der Waals surface area contributed by atoms with E-state index in [0.717, 1.165) is 5.56 Å². The molecule has 0 aliphatic carbocycles. The lowest BCUT2D eigenvalue weighted by Gasteiger charge is -2.15. The van der Waals surface area contributed by atoms with Gasteiger partial charge in [0.2, 0.25) is 5.82 Å². The van der Waals surface area contributed by atoms with Gasteiger partial charge in [0.15, 0.2) is 0 Å². The predicted octanol–water partition coefficient (Wildman–Crippen LogP) is 2.39. The van der Waals surface area contributed by atoms with Crippen LogP contribution in [-0.4, -0.2) is 14.7 Å². The summed E-state index contributed by atoms with van der Waals surface area (Å²) in [6.45, 7) is 3.55. The topological polar surface area (TPSA) is 99.0 Å². The van der Waals surface area contributed by atoms with E-state index in [4.69, 9.17) is 5.73 Å². The Morgan fingerprint density at radius 3 is 2.55 bits per heavy atom. The van der Waals surface area contributed by atoms with Gasteiger partial charge in [-0.3, -0.25) is 10.1 Å². The monoisotopic (exact) mass is 275 g/mol. The highest BCUT2D eigenvalue weighted by molar-refractivity contribution is 5.60. The molecular weight excluding hydrogens is 258 g/mol. The Balaban J connectivity index is 2.30. The summed E-state index contributed by atoms with van der Waals surface area (Å²) in [5.74, 6) is 0.400. The second kappa shape index (κ2) is 5.20. The minimum absolute atomic E-state index is 0.00907. The SMILES string of the molecule is Cc1nn(C)c(NC(C)c2ccc(N)cc2)c1[N+](=O)[O-]. The van der Waals surface area contributed by atoms with Crippen molar-refractivity contribution in [1.82, 2.24) is 9.78 Å². The van der Waals surface area contributed by atoms with Gasteiger partial charge in [-0.2, -0.15) is 5.10 Å². The summed E-state index contributed by atoms with van der Waals surface area (Å²) < 4.78 is 1.49. The fourth-order valence-corrected chi connectivity index (χ4v) is 2.10. The zero-order valence-corrected chi connectivity index (χ0v) is 11.6. The lowest BCUT2D eigenvalue weighted by molar-refractivity contribution is -0.384. The number of nitro groups is 1. The highest BCUT2D eigenvalue weighted by atomic mass is 16.6. The summed E-state index contributed by atoms with van der Waals surface area (Å²) in [6, 6.07) is 7.29. The van der Waals surface area contributed by atoms with Gasteiger partial charge in [0, 0.05) is 12.7 Å². The number of hydrogen-bond donors (Lipinski definition) is 2. The van der Waals surface area contributed by atoms with Crippen molar-refractivity contribution >= 4 is 17.2 Å².